The maximum Gasteiger partial charge on any atom is 0.322 e. The van der Waals surface area contributed by atoms with Crippen LogP contribution < -0.4 is 10.1 Å². The molecule has 98 valence electrons. The Morgan fingerprint density at radius 3 is 2.61 bits per heavy atom. The van der Waals surface area contributed by atoms with Crippen molar-refractivity contribution in [2.24, 2.45) is 0 Å². The van der Waals surface area contributed by atoms with E-state index in [4.69, 9.17) is 9.84 Å². The Bertz CT molecular complexity index is 464. The molecule has 0 bridgehead atoms. The lowest BCUT2D eigenvalue weighted by molar-refractivity contribution is -0.139. The van der Waals surface area contributed by atoms with Gasteiger partial charge in [-0.3, -0.25) is 9.59 Å². The van der Waals surface area contributed by atoms with Crippen LogP contribution in [0.1, 0.15) is 6.92 Å². The number of carboxylic acid groups (broad SMARTS) is 1. The number of hydrogen-bond donors (Lipinski definition) is 2. The molecule has 5 nitrogen and oxygen atoms in total. The molecule has 0 aliphatic rings. The number of carboxylic acids is 1. The van der Waals surface area contributed by atoms with E-state index in [0.717, 1.165) is 12.1 Å². The molecule has 1 amide bonds. The second kappa shape index (κ2) is 5.95. The van der Waals surface area contributed by atoms with Gasteiger partial charge in [0.2, 0.25) is 0 Å². The molecule has 2 N–H and O–H groups in total. The van der Waals surface area contributed by atoms with Crippen molar-refractivity contribution in [3.8, 4) is 5.75 Å². The first-order chi connectivity index (χ1) is 8.40. The van der Waals surface area contributed by atoms with E-state index in [1.165, 1.54) is 13.0 Å². The molecule has 0 saturated heterocycles. The molecule has 0 aliphatic carbocycles. The number of ether oxygens (including phenoxy) is 1. The minimum Gasteiger partial charge on any atom is -0.481 e. The van der Waals surface area contributed by atoms with E-state index in [1.54, 1.807) is 0 Å². The van der Waals surface area contributed by atoms with E-state index in [9.17, 15) is 18.4 Å². The van der Waals surface area contributed by atoms with Crippen molar-refractivity contribution in [1.82, 2.24) is 5.32 Å². The SMILES string of the molecule is CC(Oc1ccc(F)c(F)c1)C(=O)NCC(=O)O. The van der Waals surface area contributed by atoms with Crippen LogP contribution in [0, 0.1) is 11.6 Å². The van der Waals surface area contributed by atoms with Gasteiger partial charge in [0.05, 0.1) is 0 Å². The minimum absolute atomic E-state index is 0.0214. The van der Waals surface area contributed by atoms with Crippen LogP contribution in [0.2, 0.25) is 0 Å². The lowest BCUT2D eigenvalue weighted by Crippen LogP contribution is -2.39. The molecule has 0 aliphatic heterocycles. The van der Waals surface area contributed by atoms with Crippen molar-refractivity contribution >= 4 is 11.9 Å². The van der Waals surface area contributed by atoms with E-state index in [2.05, 4.69) is 5.32 Å². The largest absolute Gasteiger partial charge is 0.481 e. The predicted molar refractivity (Wildman–Crippen MR) is 57.1 cm³/mol. The number of amides is 1. The van der Waals surface area contributed by atoms with Gasteiger partial charge in [-0.1, -0.05) is 0 Å². The number of carbonyl (C=O) groups is 2. The fourth-order valence-electron chi connectivity index (χ4n) is 1.11. The second-order valence-electron chi connectivity index (χ2n) is 3.45. The number of benzene rings is 1. The molecule has 1 aromatic carbocycles. The van der Waals surface area contributed by atoms with Gasteiger partial charge in [0.25, 0.3) is 5.91 Å². The molecule has 0 saturated carbocycles. The van der Waals surface area contributed by atoms with Gasteiger partial charge in [-0.15, -0.1) is 0 Å². The van der Waals surface area contributed by atoms with Crippen LogP contribution in [-0.2, 0) is 9.59 Å². The molecule has 0 fully saturated rings. The molecule has 0 spiro atoms. The molecule has 1 aromatic rings. The number of hydrogen-bond acceptors (Lipinski definition) is 3. The summed E-state index contributed by atoms with van der Waals surface area (Å²) in [6, 6.07) is 2.84. The highest BCUT2D eigenvalue weighted by molar-refractivity contribution is 5.84. The molecule has 0 aromatic heterocycles. The van der Waals surface area contributed by atoms with Gasteiger partial charge in [0.15, 0.2) is 17.7 Å². The number of nitrogens with one attached hydrogen (secondary N) is 1. The van der Waals surface area contributed by atoms with Crippen molar-refractivity contribution in [3.05, 3.63) is 29.8 Å². The predicted octanol–water partition coefficient (Wildman–Crippen LogP) is 0.933. The van der Waals surface area contributed by atoms with Crippen LogP contribution in [0.15, 0.2) is 18.2 Å². The first-order valence-electron chi connectivity index (χ1n) is 5.01. The van der Waals surface area contributed by atoms with Gasteiger partial charge in [-0.05, 0) is 19.1 Å². The van der Waals surface area contributed by atoms with Gasteiger partial charge in [0, 0.05) is 6.07 Å². The zero-order valence-corrected chi connectivity index (χ0v) is 9.44. The molecule has 0 heterocycles. The third-order valence-corrected chi connectivity index (χ3v) is 1.99. The summed E-state index contributed by atoms with van der Waals surface area (Å²) < 4.78 is 30.5. The van der Waals surface area contributed by atoms with E-state index in [-0.39, 0.29) is 5.75 Å². The molecular formula is C11H11F2NO4. The molecular weight excluding hydrogens is 248 g/mol. The van der Waals surface area contributed by atoms with Crippen LogP contribution in [0.3, 0.4) is 0 Å². The van der Waals surface area contributed by atoms with Gasteiger partial charge in [-0.2, -0.15) is 0 Å². The Kier molecular flexibility index (Phi) is 4.59. The molecule has 7 heteroatoms. The highest BCUT2D eigenvalue weighted by Gasteiger charge is 2.16. The number of carbonyl (C=O) groups excluding carboxylic acids is 1. The van der Waals surface area contributed by atoms with Crippen LogP contribution in [-0.4, -0.2) is 29.6 Å². The maximum absolute atomic E-state index is 12.9. The summed E-state index contributed by atoms with van der Waals surface area (Å²) >= 11 is 0. The molecule has 1 atom stereocenters. The standard InChI is InChI=1S/C11H11F2NO4/c1-6(11(17)14-5-10(15)16)18-7-2-3-8(12)9(13)4-7/h2-4,6H,5H2,1H3,(H,14,17)(H,15,16). The summed E-state index contributed by atoms with van der Waals surface area (Å²) in [7, 11) is 0. The van der Waals surface area contributed by atoms with E-state index in [0.29, 0.717) is 0 Å². The monoisotopic (exact) mass is 259 g/mol. The number of aliphatic carboxylic acids is 1. The van der Waals surface area contributed by atoms with Crippen LogP contribution in [0.5, 0.6) is 5.75 Å². The number of halogens is 2. The zero-order chi connectivity index (χ0) is 13.7. The third kappa shape index (κ3) is 4.00. The Hall–Kier alpha value is -2.18. The van der Waals surface area contributed by atoms with E-state index < -0.39 is 36.2 Å². The Labute approximate surface area is 101 Å². The van der Waals surface area contributed by atoms with Gasteiger partial charge >= 0.3 is 5.97 Å². The highest BCUT2D eigenvalue weighted by atomic mass is 19.2. The Morgan fingerprint density at radius 1 is 1.39 bits per heavy atom. The van der Waals surface area contributed by atoms with Gasteiger partial charge < -0.3 is 15.2 Å². The maximum atomic E-state index is 12.9. The lowest BCUT2D eigenvalue weighted by Gasteiger charge is -2.13. The van der Waals surface area contributed by atoms with Crippen molar-refractivity contribution < 1.29 is 28.2 Å². The minimum atomic E-state index is -1.19. The summed E-state index contributed by atoms with van der Waals surface area (Å²) in [5.74, 6) is -3.99. The second-order valence-corrected chi connectivity index (χ2v) is 3.45. The Balaban J connectivity index is 2.58. The topological polar surface area (TPSA) is 75.6 Å². The van der Waals surface area contributed by atoms with Crippen LogP contribution >= 0.6 is 0 Å². The average molecular weight is 259 g/mol. The van der Waals surface area contributed by atoms with Gasteiger partial charge in [-0.25, -0.2) is 8.78 Å². The van der Waals surface area contributed by atoms with Crippen LogP contribution in [0.25, 0.3) is 0 Å². The van der Waals surface area contributed by atoms with Gasteiger partial charge in [0.1, 0.15) is 12.3 Å². The number of rotatable bonds is 5. The van der Waals surface area contributed by atoms with E-state index in [1.807, 2.05) is 0 Å². The summed E-state index contributed by atoms with van der Waals surface area (Å²) in [5, 5.41) is 10.5. The van der Waals surface area contributed by atoms with Crippen molar-refractivity contribution in [3.63, 3.8) is 0 Å². The first-order valence-corrected chi connectivity index (χ1v) is 5.01. The summed E-state index contributed by atoms with van der Waals surface area (Å²) in [5.41, 5.74) is 0. The Morgan fingerprint density at radius 2 is 2.06 bits per heavy atom. The zero-order valence-electron chi connectivity index (χ0n) is 9.44. The fraction of sp³-hybridized carbons (Fsp3) is 0.273. The average Bonchev–Trinajstić information content (AvgIpc) is 2.30. The molecule has 1 unspecified atom stereocenters. The third-order valence-electron chi connectivity index (χ3n) is 1.99. The molecule has 18 heavy (non-hydrogen) atoms. The lowest BCUT2D eigenvalue weighted by atomic mass is 10.3. The van der Waals surface area contributed by atoms with E-state index >= 15 is 0 Å². The molecule has 0 radical (unpaired) electrons. The summed E-state index contributed by atoms with van der Waals surface area (Å²) in [6.45, 7) is 0.822. The van der Waals surface area contributed by atoms with Crippen molar-refractivity contribution in [2.75, 3.05) is 6.54 Å². The van der Waals surface area contributed by atoms with Crippen molar-refractivity contribution in [2.45, 2.75) is 13.0 Å². The van der Waals surface area contributed by atoms with Crippen LogP contribution in [0.4, 0.5) is 8.78 Å². The summed E-state index contributed by atoms with van der Waals surface area (Å²) in [4.78, 5) is 21.6. The first kappa shape index (κ1) is 13.9. The normalized spacial score (nSPS) is 11.7. The van der Waals surface area contributed by atoms with Crippen molar-refractivity contribution in [1.29, 1.82) is 0 Å². The summed E-state index contributed by atoms with van der Waals surface area (Å²) in [6.07, 6.45) is -1.02. The smallest absolute Gasteiger partial charge is 0.322 e. The fourth-order valence-corrected chi connectivity index (χ4v) is 1.11. The highest BCUT2D eigenvalue weighted by Crippen LogP contribution is 2.16. The molecule has 1 rings (SSSR count). The quantitative estimate of drug-likeness (QED) is 0.825.